The summed E-state index contributed by atoms with van der Waals surface area (Å²) in [4.78, 5) is 2.57. The van der Waals surface area contributed by atoms with Crippen LogP contribution < -0.4 is 5.73 Å². The molecular formula is C15H32N2. The van der Waals surface area contributed by atoms with Crippen molar-refractivity contribution in [1.82, 2.24) is 4.90 Å². The van der Waals surface area contributed by atoms with E-state index < -0.39 is 0 Å². The molecule has 0 aliphatic heterocycles. The van der Waals surface area contributed by atoms with Crippen LogP contribution in [0.3, 0.4) is 0 Å². The van der Waals surface area contributed by atoms with Crippen molar-refractivity contribution in [2.45, 2.75) is 65.3 Å². The highest BCUT2D eigenvalue weighted by molar-refractivity contribution is 4.78. The fourth-order valence-corrected chi connectivity index (χ4v) is 3.17. The standard InChI is InChI=1S/C15H32N2/c1-15(2,3)10-13(11-16)12-17(4)14-8-6-5-7-9-14/h13-14H,5-12,16H2,1-4H3. The van der Waals surface area contributed by atoms with Gasteiger partial charge >= 0.3 is 0 Å². The summed E-state index contributed by atoms with van der Waals surface area (Å²) in [5, 5.41) is 0. The number of nitrogens with two attached hydrogens (primary N) is 1. The van der Waals surface area contributed by atoms with E-state index in [1.54, 1.807) is 0 Å². The van der Waals surface area contributed by atoms with E-state index in [-0.39, 0.29) is 0 Å². The maximum Gasteiger partial charge on any atom is 0.00923 e. The maximum atomic E-state index is 5.93. The molecule has 1 aliphatic carbocycles. The zero-order chi connectivity index (χ0) is 12.9. The molecule has 2 N–H and O–H groups in total. The minimum Gasteiger partial charge on any atom is -0.330 e. The van der Waals surface area contributed by atoms with E-state index in [2.05, 4.69) is 32.7 Å². The Morgan fingerprint density at radius 2 is 1.76 bits per heavy atom. The first kappa shape index (κ1) is 15.0. The SMILES string of the molecule is CN(CC(CN)CC(C)(C)C)C1CCCCC1. The van der Waals surface area contributed by atoms with E-state index in [0.717, 1.165) is 12.6 Å². The van der Waals surface area contributed by atoms with Crippen LogP contribution in [0.4, 0.5) is 0 Å². The third-order valence-corrected chi connectivity index (χ3v) is 3.98. The van der Waals surface area contributed by atoms with Crippen LogP contribution in [0.15, 0.2) is 0 Å². The molecule has 0 radical (unpaired) electrons. The van der Waals surface area contributed by atoms with E-state index in [9.17, 15) is 0 Å². The Hall–Kier alpha value is -0.0800. The molecule has 1 unspecified atom stereocenters. The van der Waals surface area contributed by atoms with Gasteiger partial charge in [0.25, 0.3) is 0 Å². The van der Waals surface area contributed by atoms with Gasteiger partial charge in [0.1, 0.15) is 0 Å². The Bertz CT molecular complexity index is 201. The summed E-state index contributed by atoms with van der Waals surface area (Å²) < 4.78 is 0. The van der Waals surface area contributed by atoms with Crippen molar-refractivity contribution in [3.05, 3.63) is 0 Å². The van der Waals surface area contributed by atoms with Crippen molar-refractivity contribution in [2.24, 2.45) is 17.1 Å². The van der Waals surface area contributed by atoms with Crippen LogP contribution in [0.2, 0.25) is 0 Å². The highest BCUT2D eigenvalue weighted by atomic mass is 15.1. The minimum absolute atomic E-state index is 0.400. The lowest BCUT2D eigenvalue weighted by Gasteiger charge is -2.35. The summed E-state index contributed by atoms with van der Waals surface area (Å²) in [6.45, 7) is 8.95. The van der Waals surface area contributed by atoms with Gasteiger partial charge in [0.05, 0.1) is 0 Å². The Morgan fingerprint density at radius 3 is 2.24 bits per heavy atom. The van der Waals surface area contributed by atoms with Gasteiger partial charge in [-0.05, 0) is 44.2 Å². The first-order valence-electron chi connectivity index (χ1n) is 7.32. The number of hydrogen-bond donors (Lipinski definition) is 1. The second-order valence-corrected chi connectivity index (χ2v) is 7.10. The third kappa shape index (κ3) is 5.87. The molecule has 0 aromatic carbocycles. The summed E-state index contributed by atoms with van der Waals surface area (Å²) in [7, 11) is 2.29. The first-order chi connectivity index (χ1) is 7.92. The van der Waals surface area contributed by atoms with Crippen LogP contribution in [-0.4, -0.2) is 31.1 Å². The second kappa shape index (κ2) is 6.75. The molecule has 0 aromatic heterocycles. The Labute approximate surface area is 108 Å². The molecule has 102 valence electrons. The van der Waals surface area contributed by atoms with E-state index in [1.807, 2.05) is 0 Å². The number of nitrogens with zero attached hydrogens (tertiary/aromatic N) is 1. The minimum atomic E-state index is 0.400. The fraction of sp³-hybridized carbons (Fsp3) is 1.00. The molecule has 2 heteroatoms. The van der Waals surface area contributed by atoms with Gasteiger partial charge in [-0.3, -0.25) is 0 Å². The molecule has 0 spiro atoms. The molecule has 0 bridgehead atoms. The molecular weight excluding hydrogens is 208 g/mol. The fourth-order valence-electron chi connectivity index (χ4n) is 3.17. The van der Waals surface area contributed by atoms with Crippen LogP contribution in [-0.2, 0) is 0 Å². The molecule has 1 fully saturated rings. The van der Waals surface area contributed by atoms with E-state index in [4.69, 9.17) is 5.73 Å². The van der Waals surface area contributed by atoms with Gasteiger partial charge in [-0.2, -0.15) is 0 Å². The Balaban J connectivity index is 2.38. The van der Waals surface area contributed by atoms with Crippen LogP contribution in [0.25, 0.3) is 0 Å². The van der Waals surface area contributed by atoms with Crippen LogP contribution >= 0.6 is 0 Å². The molecule has 0 heterocycles. The average molecular weight is 240 g/mol. The molecule has 2 nitrogen and oxygen atoms in total. The van der Waals surface area contributed by atoms with E-state index in [1.165, 1.54) is 45.1 Å². The Morgan fingerprint density at radius 1 is 1.18 bits per heavy atom. The summed E-state index contributed by atoms with van der Waals surface area (Å²) in [6, 6.07) is 0.817. The lowest BCUT2D eigenvalue weighted by Crippen LogP contribution is -2.39. The van der Waals surface area contributed by atoms with Gasteiger partial charge in [0.2, 0.25) is 0 Å². The van der Waals surface area contributed by atoms with Crippen molar-refractivity contribution in [3.63, 3.8) is 0 Å². The Kier molecular flexibility index (Phi) is 5.94. The van der Waals surface area contributed by atoms with Gasteiger partial charge < -0.3 is 10.6 Å². The largest absolute Gasteiger partial charge is 0.330 e. The molecule has 1 aliphatic rings. The zero-order valence-electron chi connectivity index (χ0n) is 12.3. The normalized spacial score (nSPS) is 20.8. The second-order valence-electron chi connectivity index (χ2n) is 7.10. The van der Waals surface area contributed by atoms with Crippen molar-refractivity contribution in [3.8, 4) is 0 Å². The first-order valence-corrected chi connectivity index (χ1v) is 7.32. The molecule has 0 aromatic rings. The van der Waals surface area contributed by atoms with Crippen molar-refractivity contribution < 1.29 is 0 Å². The summed E-state index contributed by atoms with van der Waals surface area (Å²) in [5.74, 6) is 0.655. The molecule has 0 amide bonds. The highest BCUT2D eigenvalue weighted by Crippen LogP contribution is 2.27. The smallest absolute Gasteiger partial charge is 0.00923 e. The topological polar surface area (TPSA) is 29.3 Å². The summed E-state index contributed by atoms with van der Waals surface area (Å²) in [6.07, 6.45) is 8.29. The van der Waals surface area contributed by atoms with Crippen LogP contribution in [0.5, 0.6) is 0 Å². The predicted octanol–water partition coefficient (Wildman–Crippen LogP) is 3.26. The number of hydrogen-bond acceptors (Lipinski definition) is 2. The lowest BCUT2D eigenvalue weighted by atomic mass is 9.84. The van der Waals surface area contributed by atoms with Crippen molar-refractivity contribution in [2.75, 3.05) is 20.1 Å². The average Bonchev–Trinajstić information content (AvgIpc) is 2.27. The summed E-state index contributed by atoms with van der Waals surface area (Å²) in [5.41, 5.74) is 6.33. The maximum absolute atomic E-state index is 5.93. The van der Waals surface area contributed by atoms with Gasteiger partial charge in [-0.25, -0.2) is 0 Å². The molecule has 1 rings (SSSR count). The van der Waals surface area contributed by atoms with Gasteiger partial charge in [0, 0.05) is 12.6 Å². The van der Waals surface area contributed by atoms with E-state index >= 15 is 0 Å². The van der Waals surface area contributed by atoms with Gasteiger partial charge in [-0.1, -0.05) is 40.0 Å². The highest BCUT2D eigenvalue weighted by Gasteiger charge is 2.23. The lowest BCUT2D eigenvalue weighted by molar-refractivity contribution is 0.149. The van der Waals surface area contributed by atoms with Crippen LogP contribution in [0, 0.1) is 11.3 Å². The van der Waals surface area contributed by atoms with Crippen molar-refractivity contribution >= 4 is 0 Å². The predicted molar refractivity (Wildman–Crippen MR) is 76.1 cm³/mol. The van der Waals surface area contributed by atoms with E-state index in [0.29, 0.717) is 11.3 Å². The third-order valence-electron chi connectivity index (χ3n) is 3.98. The zero-order valence-corrected chi connectivity index (χ0v) is 12.3. The molecule has 0 saturated heterocycles. The van der Waals surface area contributed by atoms with Crippen LogP contribution in [0.1, 0.15) is 59.3 Å². The van der Waals surface area contributed by atoms with Gasteiger partial charge in [-0.15, -0.1) is 0 Å². The number of rotatable bonds is 5. The van der Waals surface area contributed by atoms with Gasteiger partial charge in [0.15, 0.2) is 0 Å². The van der Waals surface area contributed by atoms with Crippen molar-refractivity contribution in [1.29, 1.82) is 0 Å². The quantitative estimate of drug-likeness (QED) is 0.799. The molecule has 17 heavy (non-hydrogen) atoms. The monoisotopic (exact) mass is 240 g/mol. The molecule has 1 saturated carbocycles. The summed E-state index contributed by atoms with van der Waals surface area (Å²) >= 11 is 0. The molecule has 1 atom stereocenters.